The zero-order chi connectivity index (χ0) is 23.7. The minimum Gasteiger partial charge on any atom is -0.483 e. The Morgan fingerprint density at radius 2 is 1.82 bits per heavy atom. The van der Waals surface area contributed by atoms with Crippen LogP contribution in [0.2, 0.25) is 0 Å². The average molecular weight is 464 g/mol. The summed E-state index contributed by atoms with van der Waals surface area (Å²) < 4.78 is 5.54. The molecular weight excluding hydrogens is 430 g/mol. The number of carbonyl (C=O) groups is 2. The lowest BCUT2D eigenvalue weighted by molar-refractivity contribution is -0.123. The molecule has 1 spiro atoms. The van der Waals surface area contributed by atoms with Gasteiger partial charge >= 0.3 is 0 Å². The van der Waals surface area contributed by atoms with Gasteiger partial charge in [0.2, 0.25) is 0 Å². The molecule has 4 N–H and O–H groups in total. The predicted molar refractivity (Wildman–Crippen MR) is 121 cm³/mol. The lowest BCUT2D eigenvalue weighted by Crippen LogP contribution is -2.57. The van der Waals surface area contributed by atoms with Gasteiger partial charge in [0.25, 0.3) is 12.9 Å². The van der Waals surface area contributed by atoms with E-state index in [2.05, 4.69) is 31.0 Å². The SMILES string of the molecule is O=CO.O=CO.OC1CN(C2CCOCC2)CC2(CCN(c3ccnc4[nH]ncc34)CC2)C1. The topological polar surface area (TPSA) is 152 Å². The lowest BCUT2D eigenvalue weighted by atomic mass is 9.71. The highest BCUT2D eigenvalue weighted by atomic mass is 16.5. The third-order valence-corrected chi connectivity index (χ3v) is 6.86. The van der Waals surface area contributed by atoms with E-state index < -0.39 is 0 Å². The van der Waals surface area contributed by atoms with Gasteiger partial charge in [0.1, 0.15) is 0 Å². The highest BCUT2D eigenvalue weighted by molar-refractivity contribution is 5.88. The molecule has 11 nitrogen and oxygen atoms in total. The molecule has 0 aromatic carbocycles. The molecule has 0 amide bonds. The first kappa shape index (κ1) is 24.9. The van der Waals surface area contributed by atoms with E-state index in [-0.39, 0.29) is 24.5 Å². The van der Waals surface area contributed by atoms with Crippen molar-refractivity contribution < 1.29 is 29.6 Å². The van der Waals surface area contributed by atoms with Crippen LogP contribution in [-0.2, 0) is 14.3 Å². The number of aliphatic hydroxyl groups excluding tert-OH is 1. The van der Waals surface area contributed by atoms with Gasteiger partial charge < -0.3 is 25.0 Å². The maximum Gasteiger partial charge on any atom is 0.290 e. The molecule has 0 radical (unpaired) electrons. The quantitative estimate of drug-likeness (QED) is 0.478. The molecule has 3 aliphatic heterocycles. The van der Waals surface area contributed by atoms with Gasteiger partial charge in [-0.1, -0.05) is 0 Å². The number of β-amino-alcohol motifs (C(OH)–C–C–N with tert-alkyl or cyclic N) is 1. The molecule has 0 saturated carbocycles. The molecule has 1 unspecified atom stereocenters. The van der Waals surface area contributed by atoms with Gasteiger partial charge in [0.05, 0.1) is 23.4 Å². The van der Waals surface area contributed by atoms with Crippen LogP contribution < -0.4 is 4.90 Å². The maximum absolute atomic E-state index is 10.6. The van der Waals surface area contributed by atoms with Gasteiger partial charge in [0, 0.05) is 51.6 Å². The minimum absolute atomic E-state index is 0.199. The fourth-order valence-electron chi connectivity index (χ4n) is 5.42. The number of nitrogens with one attached hydrogen (secondary N) is 1. The summed E-state index contributed by atoms with van der Waals surface area (Å²) in [6, 6.07) is 2.68. The highest BCUT2D eigenvalue weighted by Crippen LogP contribution is 2.42. The van der Waals surface area contributed by atoms with Crippen LogP contribution in [0.3, 0.4) is 0 Å². The van der Waals surface area contributed by atoms with Crippen LogP contribution in [0.25, 0.3) is 11.0 Å². The van der Waals surface area contributed by atoms with E-state index in [1.807, 2.05) is 12.4 Å². The van der Waals surface area contributed by atoms with Gasteiger partial charge in [-0.25, -0.2) is 4.98 Å². The van der Waals surface area contributed by atoms with Crippen molar-refractivity contribution in [1.29, 1.82) is 0 Å². The van der Waals surface area contributed by atoms with Gasteiger partial charge in [-0.3, -0.25) is 19.6 Å². The summed E-state index contributed by atoms with van der Waals surface area (Å²) in [5.74, 6) is 0. The average Bonchev–Trinajstić information content (AvgIpc) is 3.30. The van der Waals surface area contributed by atoms with Gasteiger partial charge in [0.15, 0.2) is 5.65 Å². The van der Waals surface area contributed by atoms with Crippen molar-refractivity contribution >= 4 is 29.7 Å². The second kappa shape index (κ2) is 11.9. The number of aliphatic hydroxyl groups is 1. The van der Waals surface area contributed by atoms with E-state index >= 15 is 0 Å². The van der Waals surface area contributed by atoms with Crippen LogP contribution in [0.4, 0.5) is 5.69 Å². The zero-order valence-electron chi connectivity index (χ0n) is 18.7. The Labute approximate surface area is 192 Å². The van der Waals surface area contributed by atoms with Crippen molar-refractivity contribution in [2.45, 2.75) is 44.2 Å². The van der Waals surface area contributed by atoms with Crippen molar-refractivity contribution in [1.82, 2.24) is 20.1 Å². The van der Waals surface area contributed by atoms with Crippen LogP contribution in [0, 0.1) is 5.41 Å². The summed E-state index contributed by atoms with van der Waals surface area (Å²) in [6.45, 7) is 5.23. The summed E-state index contributed by atoms with van der Waals surface area (Å²) in [4.78, 5) is 26.1. The molecule has 0 aliphatic carbocycles. The number of hydrogen-bond donors (Lipinski definition) is 4. The molecule has 2 aromatic rings. The number of piperidine rings is 2. The Morgan fingerprint density at radius 3 is 2.48 bits per heavy atom. The van der Waals surface area contributed by atoms with Crippen LogP contribution >= 0.6 is 0 Å². The number of aromatic amines is 1. The molecule has 2 aromatic heterocycles. The van der Waals surface area contributed by atoms with E-state index in [1.165, 1.54) is 5.69 Å². The smallest absolute Gasteiger partial charge is 0.290 e. The third-order valence-electron chi connectivity index (χ3n) is 6.86. The van der Waals surface area contributed by atoms with Crippen molar-refractivity contribution in [2.24, 2.45) is 5.41 Å². The standard InChI is InChI=1S/C20H29N5O2.2CH2O2/c26-16-11-20(14-25(13-16)15-2-9-27-10-3-15)4-7-24(8-5-20)18-1-6-21-19-17(18)12-22-23-19;2*2-1-3/h1,6,12,15-16,26H,2-5,7-11,13-14H2,(H,21,22,23);2*1H,(H,2,3). The number of ether oxygens (including phenoxy) is 1. The molecule has 182 valence electrons. The number of anilines is 1. The second-order valence-electron chi connectivity index (χ2n) is 8.79. The number of likely N-dealkylation sites (tertiary alicyclic amines) is 1. The first-order chi connectivity index (χ1) is 16.1. The van der Waals surface area contributed by atoms with E-state index in [9.17, 15) is 5.11 Å². The normalized spacial score (nSPS) is 23.2. The fourth-order valence-corrected chi connectivity index (χ4v) is 5.42. The molecular formula is C22H33N5O6. The Morgan fingerprint density at radius 1 is 1.15 bits per heavy atom. The van der Waals surface area contributed by atoms with E-state index in [1.54, 1.807) is 0 Å². The number of pyridine rings is 1. The Hall–Kier alpha value is -2.76. The summed E-state index contributed by atoms with van der Waals surface area (Å²) in [6.07, 6.45) is 8.94. The van der Waals surface area contributed by atoms with E-state index in [0.717, 1.165) is 82.5 Å². The van der Waals surface area contributed by atoms with Crippen molar-refractivity contribution in [3.8, 4) is 0 Å². The van der Waals surface area contributed by atoms with Crippen molar-refractivity contribution in [2.75, 3.05) is 44.3 Å². The zero-order valence-corrected chi connectivity index (χ0v) is 18.7. The number of fused-ring (bicyclic) bond motifs is 1. The molecule has 3 fully saturated rings. The molecule has 11 heteroatoms. The molecule has 5 rings (SSSR count). The molecule has 33 heavy (non-hydrogen) atoms. The van der Waals surface area contributed by atoms with Gasteiger partial charge in [-0.15, -0.1) is 0 Å². The molecule has 3 aliphatic rings. The second-order valence-corrected chi connectivity index (χ2v) is 8.79. The molecule has 1 atom stereocenters. The van der Waals surface area contributed by atoms with Crippen molar-refractivity contribution in [3.63, 3.8) is 0 Å². The number of H-pyrrole nitrogens is 1. The summed E-state index contributed by atoms with van der Waals surface area (Å²) in [5.41, 5.74) is 2.32. The molecule has 3 saturated heterocycles. The van der Waals surface area contributed by atoms with Crippen LogP contribution in [0.5, 0.6) is 0 Å². The predicted octanol–water partition coefficient (Wildman–Crippen LogP) is 1.19. The van der Waals surface area contributed by atoms with E-state index in [4.69, 9.17) is 24.5 Å². The summed E-state index contributed by atoms with van der Waals surface area (Å²) in [5, 5.41) is 32.6. The fraction of sp³-hybridized carbons (Fsp3) is 0.636. The number of hydrogen-bond acceptors (Lipinski definition) is 8. The first-order valence-electron chi connectivity index (χ1n) is 11.2. The van der Waals surface area contributed by atoms with E-state index in [0.29, 0.717) is 6.04 Å². The van der Waals surface area contributed by atoms with Gasteiger partial charge in [-0.2, -0.15) is 5.10 Å². The monoisotopic (exact) mass is 463 g/mol. The van der Waals surface area contributed by atoms with Crippen LogP contribution in [-0.4, -0.2) is 99.9 Å². The first-order valence-corrected chi connectivity index (χ1v) is 11.2. The van der Waals surface area contributed by atoms with Crippen LogP contribution in [0.15, 0.2) is 18.5 Å². The Bertz CT molecular complexity index is 873. The lowest BCUT2D eigenvalue weighted by Gasteiger charge is -2.51. The number of carboxylic acid groups (broad SMARTS) is 2. The van der Waals surface area contributed by atoms with Gasteiger partial charge in [-0.05, 0) is 43.6 Å². The minimum atomic E-state index is -0.250. The Balaban J connectivity index is 0.000000464. The number of rotatable bonds is 2. The highest BCUT2D eigenvalue weighted by Gasteiger charge is 2.43. The molecule has 0 bridgehead atoms. The number of aromatic nitrogens is 3. The van der Waals surface area contributed by atoms with Crippen molar-refractivity contribution in [3.05, 3.63) is 18.5 Å². The third kappa shape index (κ3) is 6.18. The Kier molecular flexibility index (Phi) is 8.98. The summed E-state index contributed by atoms with van der Waals surface area (Å²) >= 11 is 0. The number of nitrogens with zero attached hydrogens (tertiary/aromatic N) is 4. The summed E-state index contributed by atoms with van der Waals surface area (Å²) in [7, 11) is 0. The maximum atomic E-state index is 10.6. The van der Waals surface area contributed by atoms with Crippen LogP contribution in [0.1, 0.15) is 32.1 Å². The largest absolute Gasteiger partial charge is 0.483 e. The molecule has 5 heterocycles.